The second-order valence-corrected chi connectivity index (χ2v) is 3.57. The van der Waals surface area contributed by atoms with E-state index in [1.165, 1.54) is 11.1 Å². The molecule has 0 bridgehead atoms. The summed E-state index contributed by atoms with van der Waals surface area (Å²) in [5, 5.41) is 0. The van der Waals surface area contributed by atoms with Gasteiger partial charge in [0.25, 0.3) is 0 Å². The van der Waals surface area contributed by atoms with Crippen molar-refractivity contribution in [2.45, 2.75) is 32.7 Å². The molecule has 0 aromatic rings. The first-order valence-electron chi connectivity index (χ1n) is 4.19. The molecule has 2 N–H and O–H groups in total. The molecule has 0 heterocycles. The van der Waals surface area contributed by atoms with Crippen LogP contribution in [0.2, 0.25) is 0 Å². The molecular formula is C10H17N. The maximum Gasteiger partial charge on any atom is 0.0256 e. The van der Waals surface area contributed by atoms with Crippen LogP contribution in [-0.2, 0) is 0 Å². The minimum Gasteiger partial charge on any atom is -0.324 e. The zero-order chi connectivity index (χ0) is 8.43. The van der Waals surface area contributed by atoms with Gasteiger partial charge in [-0.05, 0) is 32.6 Å². The molecule has 11 heavy (non-hydrogen) atoms. The van der Waals surface area contributed by atoms with Crippen molar-refractivity contribution in [1.82, 2.24) is 0 Å². The van der Waals surface area contributed by atoms with Crippen molar-refractivity contribution in [2.75, 3.05) is 0 Å². The lowest BCUT2D eigenvalue weighted by atomic mass is 9.83. The maximum atomic E-state index is 5.90. The first-order valence-corrected chi connectivity index (χ1v) is 4.19. The topological polar surface area (TPSA) is 26.0 Å². The first kappa shape index (κ1) is 8.54. The van der Waals surface area contributed by atoms with E-state index >= 15 is 0 Å². The van der Waals surface area contributed by atoms with E-state index < -0.39 is 0 Å². The van der Waals surface area contributed by atoms with Crippen molar-refractivity contribution in [3.63, 3.8) is 0 Å². The van der Waals surface area contributed by atoms with Crippen LogP contribution in [0.4, 0.5) is 0 Å². The molecule has 0 saturated carbocycles. The fourth-order valence-electron chi connectivity index (χ4n) is 1.47. The van der Waals surface area contributed by atoms with Crippen molar-refractivity contribution >= 4 is 0 Å². The Hall–Kier alpha value is -0.560. The van der Waals surface area contributed by atoms with Crippen molar-refractivity contribution in [2.24, 2.45) is 11.7 Å². The molecule has 1 aliphatic carbocycles. The van der Waals surface area contributed by atoms with Crippen LogP contribution in [0.15, 0.2) is 23.8 Å². The average molecular weight is 151 g/mol. The van der Waals surface area contributed by atoms with Crippen LogP contribution in [-0.4, -0.2) is 6.04 Å². The smallest absolute Gasteiger partial charge is 0.0256 e. The van der Waals surface area contributed by atoms with E-state index in [2.05, 4.69) is 26.5 Å². The van der Waals surface area contributed by atoms with Gasteiger partial charge in [-0.15, -0.1) is 0 Å². The van der Waals surface area contributed by atoms with Crippen molar-refractivity contribution in [3.8, 4) is 0 Å². The highest BCUT2D eigenvalue weighted by molar-refractivity contribution is 5.15. The Labute approximate surface area is 69.0 Å². The summed E-state index contributed by atoms with van der Waals surface area (Å²) in [7, 11) is 0. The Morgan fingerprint density at radius 3 is 2.82 bits per heavy atom. The summed E-state index contributed by atoms with van der Waals surface area (Å²) in [5.74, 6) is 0.619. The summed E-state index contributed by atoms with van der Waals surface area (Å²) in [6.07, 6.45) is 4.46. The van der Waals surface area contributed by atoms with Crippen molar-refractivity contribution < 1.29 is 0 Å². The first-order chi connectivity index (χ1) is 5.11. The quantitative estimate of drug-likeness (QED) is 0.571. The third kappa shape index (κ3) is 1.93. The molecule has 1 unspecified atom stereocenters. The Balaban J connectivity index is 2.62. The summed E-state index contributed by atoms with van der Waals surface area (Å²) in [4.78, 5) is 0. The van der Waals surface area contributed by atoms with Gasteiger partial charge >= 0.3 is 0 Å². The zero-order valence-corrected chi connectivity index (χ0v) is 7.43. The molecule has 62 valence electrons. The number of allylic oxidation sites excluding steroid dienone is 2. The van der Waals surface area contributed by atoms with E-state index in [4.69, 9.17) is 5.73 Å². The van der Waals surface area contributed by atoms with E-state index in [9.17, 15) is 0 Å². The van der Waals surface area contributed by atoms with Gasteiger partial charge in [0.1, 0.15) is 0 Å². The second kappa shape index (κ2) is 3.22. The van der Waals surface area contributed by atoms with Gasteiger partial charge in [-0.3, -0.25) is 0 Å². The van der Waals surface area contributed by atoms with Gasteiger partial charge in [0.05, 0.1) is 0 Å². The van der Waals surface area contributed by atoms with Crippen molar-refractivity contribution in [3.05, 3.63) is 23.8 Å². The largest absolute Gasteiger partial charge is 0.324 e. The maximum absolute atomic E-state index is 5.90. The number of rotatable bonds is 1. The summed E-state index contributed by atoms with van der Waals surface area (Å²) in [6.45, 7) is 8.15. The van der Waals surface area contributed by atoms with Crippen LogP contribution >= 0.6 is 0 Å². The Morgan fingerprint density at radius 2 is 2.36 bits per heavy atom. The predicted molar refractivity (Wildman–Crippen MR) is 49.3 cm³/mol. The molecule has 1 nitrogen and oxygen atoms in total. The van der Waals surface area contributed by atoms with E-state index in [-0.39, 0.29) is 6.04 Å². The monoisotopic (exact) mass is 151 g/mol. The fraction of sp³-hybridized carbons (Fsp3) is 0.600. The van der Waals surface area contributed by atoms with Gasteiger partial charge in [-0.25, -0.2) is 0 Å². The second-order valence-electron chi connectivity index (χ2n) is 3.57. The number of nitrogens with two attached hydrogens (primary N) is 1. The van der Waals surface area contributed by atoms with Crippen LogP contribution in [0, 0.1) is 5.92 Å². The highest BCUT2D eigenvalue weighted by atomic mass is 14.6. The zero-order valence-electron chi connectivity index (χ0n) is 7.43. The molecule has 1 rings (SSSR count). The minimum atomic E-state index is 0.269. The molecular weight excluding hydrogens is 134 g/mol. The molecule has 0 aromatic heterocycles. The summed E-state index contributed by atoms with van der Waals surface area (Å²) in [5.41, 5.74) is 8.50. The molecule has 0 amide bonds. The van der Waals surface area contributed by atoms with Crippen LogP contribution in [0.25, 0.3) is 0 Å². The van der Waals surface area contributed by atoms with Gasteiger partial charge < -0.3 is 5.73 Å². The lowest BCUT2D eigenvalue weighted by molar-refractivity contribution is 0.493. The molecule has 0 radical (unpaired) electrons. The van der Waals surface area contributed by atoms with Gasteiger partial charge in [0, 0.05) is 6.04 Å². The van der Waals surface area contributed by atoms with E-state index in [1.54, 1.807) is 0 Å². The minimum absolute atomic E-state index is 0.269. The predicted octanol–water partition coefficient (Wildman–Crippen LogP) is 2.25. The van der Waals surface area contributed by atoms with Crippen LogP contribution in [0.5, 0.6) is 0 Å². The summed E-state index contributed by atoms with van der Waals surface area (Å²) < 4.78 is 0. The lowest BCUT2D eigenvalue weighted by Gasteiger charge is -2.25. The standard InChI is InChI=1S/C10H17N/c1-7(2)9-5-4-8(3)10(11)6-9/h4,9-10H,1,5-6,11H2,2-3H3/t9-,10?/m0/s1. The molecule has 0 fully saturated rings. The molecule has 1 heteroatoms. The molecule has 0 spiro atoms. The van der Waals surface area contributed by atoms with Crippen LogP contribution in [0.1, 0.15) is 26.7 Å². The Bertz CT molecular complexity index is 191. The van der Waals surface area contributed by atoms with E-state index in [0.29, 0.717) is 5.92 Å². The fourth-order valence-corrected chi connectivity index (χ4v) is 1.47. The van der Waals surface area contributed by atoms with Gasteiger partial charge in [-0.2, -0.15) is 0 Å². The van der Waals surface area contributed by atoms with Gasteiger partial charge in [-0.1, -0.05) is 23.8 Å². The molecule has 2 atom stereocenters. The SMILES string of the molecule is C=C(C)[C@H]1CC=C(C)C(N)C1. The summed E-state index contributed by atoms with van der Waals surface area (Å²) in [6, 6.07) is 0.269. The highest BCUT2D eigenvalue weighted by Crippen LogP contribution is 2.26. The Morgan fingerprint density at radius 1 is 1.73 bits per heavy atom. The lowest BCUT2D eigenvalue weighted by Crippen LogP contribution is -2.28. The van der Waals surface area contributed by atoms with Gasteiger partial charge in [0.15, 0.2) is 0 Å². The normalized spacial score (nSPS) is 31.4. The average Bonchev–Trinajstić information content (AvgIpc) is 1.94. The highest BCUT2D eigenvalue weighted by Gasteiger charge is 2.18. The summed E-state index contributed by atoms with van der Waals surface area (Å²) >= 11 is 0. The molecule has 0 aliphatic heterocycles. The third-order valence-electron chi connectivity index (χ3n) is 2.54. The molecule has 1 aliphatic rings. The Kier molecular flexibility index (Phi) is 2.50. The van der Waals surface area contributed by atoms with E-state index in [0.717, 1.165) is 12.8 Å². The molecule has 0 aromatic carbocycles. The van der Waals surface area contributed by atoms with Crippen LogP contribution in [0.3, 0.4) is 0 Å². The van der Waals surface area contributed by atoms with Crippen molar-refractivity contribution in [1.29, 1.82) is 0 Å². The van der Waals surface area contributed by atoms with Gasteiger partial charge in [0.2, 0.25) is 0 Å². The third-order valence-corrected chi connectivity index (χ3v) is 2.54. The number of hydrogen-bond acceptors (Lipinski definition) is 1. The molecule has 0 saturated heterocycles. The van der Waals surface area contributed by atoms with Crippen LogP contribution < -0.4 is 5.73 Å². The number of hydrogen-bond donors (Lipinski definition) is 1. The van der Waals surface area contributed by atoms with E-state index in [1.807, 2.05) is 0 Å².